The molecule has 21 heavy (non-hydrogen) atoms. The fourth-order valence-electron chi connectivity index (χ4n) is 2.79. The minimum atomic E-state index is 0.854. The van der Waals surface area contributed by atoms with Gasteiger partial charge in [-0.25, -0.2) is 9.97 Å². The Hall–Kier alpha value is -1.46. The van der Waals surface area contributed by atoms with E-state index in [2.05, 4.69) is 55.5 Å². The monoisotopic (exact) mass is 403 g/mol. The molecule has 0 aliphatic heterocycles. The highest BCUT2D eigenvalue weighted by Crippen LogP contribution is 2.35. The van der Waals surface area contributed by atoms with Crippen molar-refractivity contribution in [2.45, 2.75) is 13.5 Å². The number of aromatic nitrogens is 3. The van der Waals surface area contributed by atoms with Gasteiger partial charge >= 0.3 is 0 Å². The van der Waals surface area contributed by atoms with Crippen LogP contribution in [0.15, 0.2) is 45.3 Å². The molecule has 2 aromatic carbocycles. The number of para-hydroxylation sites is 2. The normalized spacial score (nSPS) is 11.8. The van der Waals surface area contributed by atoms with E-state index in [4.69, 9.17) is 9.97 Å². The first-order valence-electron chi connectivity index (χ1n) is 6.72. The summed E-state index contributed by atoms with van der Waals surface area (Å²) < 4.78 is 4.30. The van der Waals surface area contributed by atoms with Gasteiger partial charge in [-0.15, -0.1) is 0 Å². The molecule has 3 nitrogen and oxygen atoms in total. The van der Waals surface area contributed by atoms with Crippen LogP contribution in [0, 0.1) is 0 Å². The minimum Gasteiger partial charge on any atom is -0.323 e. The van der Waals surface area contributed by atoms with E-state index in [0.717, 1.165) is 48.6 Å². The predicted molar refractivity (Wildman–Crippen MR) is 93.6 cm³/mol. The Labute approximate surface area is 138 Å². The molecule has 2 heterocycles. The van der Waals surface area contributed by atoms with Crippen molar-refractivity contribution in [3.8, 4) is 0 Å². The molecule has 0 N–H and O–H groups in total. The summed E-state index contributed by atoms with van der Waals surface area (Å²) in [6, 6.07) is 12.2. The Bertz CT molecular complexity index is 1000. The van der Waals surface area contributed by atoms with E-state index in [0.29, 0.717) is 0 Å². The van der Waals surface area contributed by atoms with Crippen LogP contribution >= 0.6 is 31.9 Å². The van der Waals surface area contributed by atoms with Crippen LogP contribution in [0.5, 0.6) is 0 Å². The summed E-state index contributed by atoms with van der Waals surface area (Å²) in [4.78, 5) is 9.65. The quantitative estimate of drug-likeness (QED) is 0.432. The molecule has 0 aliphatic carbocycles. The molecule has 0 amide bonds. The van der Waals surface area contributed by atoms with E-state index in [-0.39, 0.29) is 0 Å². The lowest BCUT2D eigenvalue weighted by atomic mass is 10.2. The van der Waals surface area contributed by atoms with Crippen molar-refractivity contribution in [1.82, 2.24) is 14.5 Å². The minimum absolute atomic E-state index is 0.854. The molecule has 104 valence electrons. The van der Waals surface area contributed by atoms with Gasteiger partial charge in [0, 0.05) is 20.9 Å². The standard InChI is InChI=1S/C16H11Br2N3/c1-2-21-15-10(7-9(17)8-11(15)18)14-16(21)20-13-6-4-3-5-12(13)19-14/h3-8H,2H2,1H3. The summed E-state index contributed by atoms with van der Waals surface area (Å²) in [7, 11) is 0. The first kappa shape index (κ1) is 13.2. The van der Waals surface area contributed by atoms with E-state index in [9.17, 15) is 0 Å². The Balaban J connectivity index is 2.30. The highest BCUT2D eigenvalue weighted by atomic mass is 79.9. The second-order valence-corrected chi connectivity index (χ2v) is 6.68. The van der Waals surface area contributed by atoms with Crippen LogP contribution in [0.25, 0.3) is 33.1 Å². The Morgan fingerprint density at radius 1 is 1.05 bits per heavy atom. The van der Waals surface area contributed by atoms with Crippen LogP contribution < -0.4 is 0 Å². The molecule has 2 aromatic heterocycles. The number of nitrogens with zero attached hydrogens (tertiary/aromatic N) is 3. The summed E-state index contributed by atoms with van der Waals surface area (Å²) in [5.41, 5.74) is 4.89. The van der Waals surface area contributed by atoms with Gasteiger partial charge in [0.2, 0.25) is 0 Å². The third kappa shape index (κ3) is 1.91. The second-order valence-electron chi connectivity index (χ2n) is 4.91. The van der Waals surface area contributed by atoms with Crippen LogP contribution in [0.1, 0.15) is 6.92 Å². The molecule has 0 saturated heterocycles. The van der Waals surface area contributed by atoms with Gasteiger partial charge in [0.05, 0.1) is 16.6 Å². The third-order valence-electron chi connectivity index (χ3n) is 3.68. The van der Waals surface area contributed by atoms with Gasteiger partial charge in [0.15, 0.2) is 5.65 Å². The molecule has 4 rings (SSSR count). The van der Waals surface area contributed by atoms with Crippen LogP contribution in [0.3, 0.4) is 0 Å². The van der Waals surface area contributed by atoms with Gasteiger partial charge in [0.1, 0.15) is 5.52 Å². The van der Waals surface area contributed by atoms with Crippen molar-refractivity contribution in [2.24, 2.45) is 0 Å². The molecule has 0 spiro atoms. The molecular formula is C16H11Br2N3. The van der Waals surface area contributed by atoms with E-state index < -0.39 is 0 Å². The predicted octanol–water partition coefficient (Wildman–Crippen LogP) is 5.28. The maximum atomic E-state index is 4.83. The zero-order valence-electron chi connectivity index (χ0n) is 11.3. The average molecular weight is 405 g/mol. The number of halogens is 2. The summed E-state index contributed by atoms with van der Waals surface area (Å²) in [6.45, 7) is 2.98. The van der Waals surface area contributed by atoms with Crippen molar-refractivity contribution in [1.29, 1.82) is 0 Å². The summed E-state index contributed by atoms with van der Waals surface area (Å²) in [5, 5.41) is 1.12. The summed E-state index contributed by atoms with van der Waals surface area (Å²) in [5.74, 6) is 0. The number of benzene rings is 2. The van der Waals surface area contributed by atoms with Crippen LogP contribution in [-0.4, -0.2) is 14.5 Å². The van der Waals surface area contributed by atoms with Gasteiger partial charge in [-0.1, -0.05) is 28.1 Å². The Morgan fingerprint density at radius 3 is 2.48 bits per heavy atom. The van der Waals surface area contributed by atoms with E-state index >= 15 is 0 Å². The molecule has 0 bridgehead atoms. The van der Waals surface area contributed by atoms with E-state index in [1.165, 1.54) is 0 Å². The van der Waals surface area contributed by atoms with E-state index in [1.54, 1.807) is 0 Å². The van der Waals surface area contributed by atoms with Crippen molar-refractivity contribution < 1.29 is 0 Å². The Kier molecular flexibility index (Phi) is 3.01. The molecular weight excluding hydrogens is 394 g/mol. The second kappa shape index (κ2) is 4.78. The van der Waals surface area contributed by atoms with Gasteiger partial charge < -0.3 is 4.57 Å². The molecule has 0 unspecified atom stereocenters. The summed E-state index contributed by atoms with van der Waals surface area (Å²) in [6.07, 6.45) is 0. The number of rotatable bonds is 1. The SMILES string of the molecule is CCn1c2nc3ccccc3nc2c2cc(Br)cc(Br)c21. The molecule has 0 saturated carbocycles. The zero-order chi connectivity index (χ0) is 14.6. The van der Waals surface area contributed by atoms with Gasteiger partial charge in [-0.2, -0.15) is 0 Å². The van der Waals surface area contributed by atoms with Gasteiger partial charge in [-0.3, -0.25) is 0 Å². The largest absolute Gasteiger partial charge is 0.323 e. The average Bonchev–Trinajstić information content (AvgIpc) is 2.78. The molecule has 0 fully saturated rings. The zero-order valence-corrected chi connectivity index (χ0v) is 14.4. The molecule has 0 aliphatic rings. The molecule has 5 heteroatoms. The summed E-state index contributed by atoms with van der Waals surface area (Å²) >= 11 is 7.23. The fourth-order valence-corrected chi connectivity index (χ4v) is 4.23. The van der Waals surface area contributed by atoms with E-state index in [1.807, 2.05) is 24.3 Å². The number of hydrogen-bond donors (Lipinski definition) is 0. The Morgan fingerprint density at radius 2 is 1.76 bits per heavy atom. The third-order valence-corrected chi connectivity index (χ3v) is 4.74. The molecule has 4 aromatic rings. The van der Waals surface area contributed by atoms with Crippen LogP contribution in [0.2, 0.25) is 0 Å². The van der Waals surface area contributed by atoms with Crippen molar-refractivity contribution in [3.63, 3.8) is 0 Å². The number of fused-ring (bicyclic) bond motifs is 4. The maximum Gasteiger partial charge on any atom is 0.160 e. The fraction of sp³-hybridized carbons (Fsp3) is 0.125. The lowest BCUT2D eigenvalue weighted by Crippen LogP contribution is -1.96. The smallest absolute Gasteiger partial charge is 0.160 e. The molecule has 0 radical (unpaired) electrons. The van der Waals surface area contributed by atoms with Gasteiger partial charge in [-0.05, 0) is 47.1 Å². The first-order valence-corrected chi connectivity index (χ1v) is 8.31. The maximum absolute atomic E-state index is 4.83. The lowest BCUT2D eigenvalue weighted by Gasteiger charge is -2.04. The lowest BCUT2D eigenvalue weighted by molar-refractivity contribution is 0.816. The topological polar surface area (TPSA) is 30.7 Å². The number of hydrogen-bond acceptors (Lipinski definition) is 2. The van der Waals surface area contributed by atoms with Crippen molar-refractivity contribution in [3.05, 3.63) is 45.3 Å². The highest BCUT2D eigenvalue weighted by Gasteiger charge is 2.16. The van der Waals surface area contributed by atoms with Crippen molar-refractivity contribution in [2.75, 3.05) is 0 Å². The molecule has 0 atom stereocenters. The van der Waals surface area contributed by atoms with Crippen LogP contribution in [-0.2, 0) is 6.54 Å². The highest BCUT2D eigenvalue weighted by molar-refractivity contribution is 9.11. The van der Waals surface area contributed by atoms with Gasteiger partial charge in [0.25, 0.3) is 0 Å². The first-order chi connectivity index (χ1) is 10.2. The van der Waals surface area contributed by atoms with Crippen LogP contribution in [0.4, 0.5) is 0 Å². The van der Waals surface area contributed by atoms with Crippen molar-refractivity contribution >= 4 is 65.0 Å². The number of aryl methyl sites for hydroxylation is 1.